The fourth-order valence-corrected chi connectivity index (χ4v) is 3.55. The first-order chi connectivity index (χ1) is 8.17. The highest BCUT2D eigenvalue weighted by Gasteiger charge is 2.32. The van der Waals surface area contributed by atoms with Gasteiger partial charge in [0, 0.05) is 0 Å². The molecule has 0 heteroatoms. The lowest BCUT2D eigenvalue weighted by molar-refractivity contribution is 0.350. The number of hydrogen-bond acceptors (Lipinski definition) is 0. The van der Waals surface area contributed by atoms with Gasteiger partial charge < -0.3 is 0 Å². The second-order valence-electron chi connectivity index (χ2n) is 6.20. The number of allylic oxidation sites excluding steroid dienone is 4. The van der Waals surface area contributed by atoms with Crippen molar-refractivity contribution in [2.75, 3.05) is 0 Å². The predicted molar refractivity (Wildman–Crippen MR) is 76.0 cm³/mol. The second-order valence-corrected chi connectivity index (χ2v) is 6.20. The summed E-state index contributed by atoms with van der Waals surface area (Å²) in [5.74, 6) is 2.57. The minimum Gasteiger partial charge on any atom is -0.0738 e. The van der Waals surface area contributed by atoms with Crippen LogP contribution in [0, 0.1) is 17.8 Å². The molecule has 0 aromatic carbocycles. The van der Waals surface area contributed by atoms with Crippen molar-refractivity contribution in [1.29, 1.82) is 0 Å². The lowest BCUT2D eigenvalue weighted by Gasteiger charge is -2.30. The van der Waals surface area contributed by atoms with E-state index in [4.69, 9.17) is 0 Å². The predicted octanol–water partition coefficient (Wildman–Crippen LogP) is 5.51. The molecule has 2 aliphatic carbocycles. The number of hydrogen-bond donors (Lipinski definition) is 0. The van der Waals surface area contributed by atoms with Gasteiger partial charge in [0.15, 0.2) is 0 Å². The molecule has 0 saturated heterocycles. The van der Waals surface area contributed by atoms with E-state index in [9.17, 15) is 0 Å². The zero-order chi connectivity index (χ0) is 12.4. The third-order valence-corrected chi connectivity index (χ3v) is 4.78. The molecule has 17 heavy (non-hydrogen) atoms. The summed E-state index contributed by atoms with van der Waals surface area (Å²) in [6.45, 7) is 9.50. The molecule has 0 spiro atoms. The Morgan fingerprint density at radius 1 is 1.06 bits per heavy atom. The minimum atomic E-state index is 0.798. The van der Waals surface area contributed by atoms with Crippen LogP contribution in [-0.4, -0.2) is 0 Å². The minimum absolute atomic E-state index is 0.798. The van der Waals surface area contributed by atoms with Gasteiger partial charge in [0.2, 0.25) is 0 Å². The van der Waals surface area contributed by atoms with E-state index in [0.717, 1.165) is 17.8 Å². The summed E-state index contributed by atoms with van der Waals surface area (Å²) in [6.07, 6.45) is 10.6. The van der Waals surface area contributed by atoms with Gasteiger partial charge in [-0.05, 0) is 54.6 Å². The highest BCUT2D eigenvalue weighted by atomic mass is 14.4. The van der Waals surface area contributed by atoms with Crippen molar-refractivity contribution >= 4 is 0 Å². The lowest BCUT2D eigenvalue weighted by Crippen LogP contribution is -2.18. The van der Waals surface area contributed by atoms with Gasteiger partial charge in [-0.2, -0.15) is 0 Å². The molecule has 3 atom stereocenters. The van der Waals surface area contributed by atoms with Gasteiger partial charge in [-0.25, -0.2) is 0 Å². The Morgan fingerprint density at radius 3 is 2.41 bits per heavy atom. The van der Waals surface area contributed by atoms with Crippen LogP contribution in [-0.2, 0) is 0 Å². The molecule has 2 aliphatic rings. The third-order valence-electron chi connectivity index (χ3n) is 4.78. The molecule has 0 heterocycles. The molecular formula is C17H28. The van der Waals surface area contributed by atoms with Crippen molar-refractivity contribution in [2.24, 2.45) is 17.8 Å². The molecule has 0 aliphatic heterocycles. The quantitative estimate of drug-likeness (QED) is 0.600. The van der Waals surface area contributed by atoms with Crippen molar-refractivity contribution < 1.29 is 0 Å². The maximum absolute atomic E-state index is 2.61. The fraction of sp³-hybridized carbons (Fsp3) is 0.765. The van der Waals surface area contributed by atoms with Gasteiger partial charge in [-0.1, -0.05) is 52.2 Å². The summed E-state index contributed by atoms with van der Waals surface area (Å²) in [5, 5.41) is 0. The molecule has 3 unspecified atom stereocenters. The normalized spacial score (nSPS) is 32.7. The van der Waals surface area contributed by atoms with Crippen molar-refractivity contribution in [3.05, 3.63) is 22.8 Å². The van der Waals surface area contributed by atoms with Crippen LogP contribution >= 0.6 is 0 Å². The average Bonchev–Trinajstić information content (AvgIpc) is 2.60. The molecule has 0 fully saturated rings. The third kappa shape index (κ3) is 2.51. The first-order valence-corrected chi connectivity index (χ1v) is 7.60. The van der Waals surface area contributed by atoms with E-state index < -0.39 is 0 Å². The summed E-state index contributed by atoms with van der Waals surface area (Å²) < 4.78 is 0. The first kappa shape index (κ1) is 12.9. The van der Waals surface area contributed by atoms with Gasteiger partial charge in [0.05, 0.1) is 0 Å². The summed E-state index contributed by atoms with van der Waals surface area (Å²) in [5.41, 5.74) is 5.30. The van der Waals surface area contributed by atoms with Gasteiger partial charge in [0.25, 0.3) is 0 Å². The Labute approximate surface area is 107 Å². The summed E-state index contributed by atoms with van der Waals surface area (Å²) in [7, 11) is 0. The summed E-state index contributed by atoms with van der Waals surface area (Å²) >= 11 is 0. The van der Waals surface area contributed by atoms with E-state index in [2.05, 4.69) is 33.8 Å². The SMILES string of the molecule is CCCC1=CC(CCC)C2=C1CC(C)C(C)C2. The Balaban J connectivity index is 2.23. The molecule has 0 saturated carbocycles. The molecule has 0 radical (unpaired) electrons. The largest absolute Gasteiger partial charge is 0.0738 e. The topological polar surface area (TPSA) is 0 Å². The molecule has 0 N–H and O–H groups in total. The smallest absolute Gasteiger partial charge is 0.00114 e. The molecule has 2 rings (SSSR count). The summed E-state index contributed by atoms with van der Waals surface area (Å²) in [4.78, 5) is 0. The van der Waals surface area contributed by atoms with E-state index >= 15 is 0 Å². The van der Waals surface area contributed by atoms with Crippen LogP contribution < -0.4 is 0 Å². The van der Waals surface area contributed by atoms with Gasteiger partial charge >= 0.3 is 0 Å². The van der Waals surface area contributed by atoms with Crippen molar-refractivity contribution in [3.63, 3.8) is 0 Å². The van der Waals surface area contributed by atoms with E-state index in [-0.39, 0.29) is 0 Å². The first-order valence-electron chi connectivity index (χ1n) is 7.60. The maximum Gasteiger partial charge on any atom is -0.00114 e. The zero-order valence-corrected chi connectivity index (χ0v) is 12.1. The van der Waals surface area contributed by atoms with Crippen molar-refractivity contribution in [2.45, 2.75) is 66.2 Å². The number of rotatable bonds is 4. The highest BCUT2D eigenvalue weighted by molar-refractivity contribution is 5.46. The monoisotopic (exact) mass is 232 g/mol. The van der Waals surface area contributed by atoms with Crippen LogP contribution in [0.5, 0.6) is 0 Å². The lowest BCUT2D eigenvalue weighted by atomic mass is 9.75. The molecule has 0 nitrogen and oxygen atoms in total. The molecule has 0 aromatic rings. The maximum atomic E-state index is 2.61. The van der Waals surface area contributed by atoms with E-state index in [1.54, 1.807) is 11.1 Å². The standard InChI is InChI=1S/C17H28/c1-5-7-14-11-15(8-6-2)17-10-13(4)12(3)9-16(14)17/h11-14H,5-10H2,1-4H3. The van der Waals surface area contributed by atoms with Crippen molar-refractivity contribution in [1.82, 2.24) is 0 Å². The van der Waals surface area contributed by atoms with E-state index in [1.165, 1.54) is 38.5 Å². The molecule has 0 aromatic heterocycles. The summed E-state index contributed by atoms with van der Waals surface area (Å²) in [6, 6.07) is 0. The van der Waals surface area contributed by atoms with Gasteiger partial charge in [-0.3, -0.25) is 0 Å². The Bertz CT molecular complexity index is 332. The van der Waals surface area contributed by atoms with Crippen LogP contribution in [0.1, 0.15) is 66.2 Å². The molecular weight excluding hydrogens is 204 g/mol. The van der Waals surface area contributed by atoms with Crippen LogP contribution in [0.15, 0.2) is 22.8 Å². The zero-order valence-electron chi connectivity index (χ0n) is 12.1. The molecule has 0 bridgehead atoms. The highest BCUT2D eigenvalue weighted by Crippen LogP contribution is 2.47. The average molecular weight is 232 g/mol. The van der Waals surface area contributed by atoms with Crippen LogP contribution in [0.2, 0.25) is 0 Å². The molecule has 0 amide bonds. The van der Waals surface area contributed by atoms with Crippen molar-refractivity contribution in [3.8, 4) is 0 Å². The van der Waals surface area contributed by atoms with Crippen LogP contribution in [0.4, 0.5) is 0 Å². The fourth-order valence-electron chi connectivity index (χ4n) is 3.55. The van der Waals surface area contributed by atoms with E-state index in [1.807, 2.05) is 5.57 Å². The van der Waals surface area contributed by atoms with Gasteiger partial charge in [-0.15, -0.1) is 0 Å². The van der Waals surface area contributed by atoms with Crippen LogP contribution in [0.25, 0.3) is 0 Å². The molecule has 96 valence electrons. The second kappa shape index (κ2) is 5.42. The Hall–Kier alpha value is -0.520. The Kier molecular flexibility index (Phi) is 4.12. The van der Waals surface area contributed by atoms with Gasteiger partial charge in [0.1, 0.15) is 0 Å². The van der Waals surface area contributed by atoms with E-state index in [0.29, 0.717) is 0 Å². The van der Waals surface area contributed by atoms with Crippen LogP contribution in [0.3, 0.4) is 0 Å². The Morgan fingerprint density at radius 2 is 1.76 bits per heavy atom.